The Labute approximate surface area is 172 Å². The first-order chi connectivity index (χ1) is 13.6. The highest BCUT2D eigenvalue weighted by molar-refractivity contribution is 7.99. The third-order valence-corrected chi connectivity index (χ3v) is 5.31. The Kier molecular flexibility index (Phi) is 6.08. The van der Waals surface area contributed by atoms with Crippen LogP contribution in [0.15, 0.2) is 41.9 Å². The van der Waals surface area contributed by atoms with Crippen molar-refractivity contribution in [1.29, 1.82) is 0 Å². The van der Waals surface area contributed by atoms with Crippen LogP contribution in [0.2, 0.25) is 5.02 Å². The zero-order chi connectivity index (χ0) is 21.2. The fourth-order valence-electron chi connectivity index (χ4n) is 2.32. The van der Waals surface area contributed by atoms with Gasteiger partial charge in [-0.25, -0.2) is 9.97 Å². The van der Waals surface area contributed by atoms with Crippen molar-refractivity contribution in [2.75, 3.05) is 5.32 Å². The number of amides is 1. The quantitative estimate of drug-likeness (QED) is 0.590. The number of pyridine rings is 2. The smallest absolute Gasteiger partial charge is 0.312 e. The number of hydrogen-bond acceptors (Lipinski definition) is 6. The molecule has 0 aliphatic heterocycles. The van der Waals surface area contributed by atoms with E-state index in [-0.39, 0.29) is 11.1 Å². The van der Waals surface area contributed by atoms with Crippen LogP contribution in [0, 0.1) is 0 Å². The highest BCUT2D eigenvalue weighted by Crippen LogP contribution is 2.34. The molecule has 3 aromatic rings. The molecule has 3 rings (SSSR count). The standard InChI is InChI=1S/C17H14ClF3N6OS/c1-9(29-16-26-23-8-27(16)2)10-5-6-22-13(7-10)25-15(28)12-4-3-11(18)14(24-12)17(19,20)21/h3-9H,1-2H3,(H,22,25,28)/t9-/m0/s1. The molecule has 0 saturated carbocycles. The van der Waals surface area contributed by atoms with Crippen LogP contribution >= 0.6 is 23.4 Å². The predicted molar refractivity (Wildman–Crippen MR) is 102 cm³/mol. The summed E-state index contributed by atoms with van der Waals surface area (Å²) in [6.07, 6.45) is -1.69. The Balaban J connectivity index is 1.76. The first-order valence-electron chi connectivity index (χ1n) is 8.17. The number of hydrogen-bond donors (Lipinski definition) is 1. The van der Waals surface area contributed by atoms with Crippen LogP contribution in [0.4, 0.5) is 19.0 Å². The number of rotatable bonds is 5. The van der Waals surface area contributed by atoms with Crippen LogP contribution in [0.1, 0.15) is 33.9 Å². The van der Waals surface area contributed by atoms with Crippen molar-refractivity contribution in [3.63, 3.8) is 0 Å². The zero-order valence-electron chi connectivity index (χ0n) is 15.1. The van der Waals surface area contributed by atoms with Crippen LogP contribution in [-0.2, 0) is 13.2 Å². The van der Waals surface area contributed by atoms with Gasteiger partial charge in [0.2, 0.25) is 0 Å². The molecule has 0 aliphatic carbocycles. The number of aromatic nitrogens is 5. The van der Waals surface area contributed by atoms with Gasteiger partial charge in [-0.2, -0.15) is 13.2 Å². The molecule has 0 aliphatic rings. The molecule has 0 saturated heterocycles. The third kappa shape index (κ3) is 5.04. The minimum atomic E-state index is -4.77. The molecule has 3 heterocycles. The lowest BCUT2D eigenvalue weighted by Crippen LogP contribution is -2.18. The van der Waals surface area contributed by atoms with Gasteiger partial charge < -0.3 is 9.88 Å². The average molecular weight is 443 g/mol. The third-order valence-electron chi connectivity index (χ3n) is 3.79. The van der Waals surface area contributed by atoms with E-state index in [0.29, 0.717) is 5.16 Å². The summed E-state index contributed by atoms with van der Waals surface area (Å²) in [7, 11) is 1.82. The number of carbonyl (C=O) groups is 1. The summed E-state index contributed by atoms with van der Waals surface area (Å²) < 4.78 is 40.6. The Morgan fingerprint density at radius 2 is 2.07 bits per heavy atom. The molecule has 1 N–H and O–H groups in total. The molecule has 0 bridgehead atoms. The Bertz CT molecular complexity index is 1040. The molecule has 1 atom stereocenters. The van der Waals surface area contributed by atoms with E-state index in [2.05, 4.69) is 25.5 Å². The molecule has 1 amide bonds. The SMILES string of the molecule is C[C@H](Sc1nncn1C)c1ccnc(NC(=O)c2ccc(Cl)c(C(F)(F)F)n2)c1. The van der Waals surface area contributed by atoms with E-state index in [4.69, 9.17) is 11.6 Å². The Morgan fingerprint density at radius 3 is 2.72 bits per heavy atom. The summed E-state index contributed by atoms with van der Waals surface area (Å²) in [5.41, 5.74) is -0.902. The summed E-state index contributed by atoms with van der Waals surface area (Å²) in [5.74, 6) is -0.645. The number of nitrogens with one attached hydrogen (secondary N) is 1. The maximum Gasteiger partial charge on any atom is 0.434 e. The van der Waals surface area contributed by atoms with Crippen molar-refractivity contribution in [2.45, 2.75) is 23.5 Å². The molecular formula is C17H14ClF3N6OS. The zero-order valence-corrected chi connectivity index (χ0v) is 16.7. The maximum atomic E-state index is 12.9. The Hall–Kier alpha value is -2.66. The van der Waals surface area contributed by atoms with Crippen LogP contribution in [-0.4, -0.2) is 30.6 Å². The lowest BCUT2D eigenvalue weighted by Gasteiger charge is -2.13. The van der Waals surface area contributed by atoms with E-state index < -0.39 is 28.5 Å². The van der Waals surface area contributed by atoms with Gasteiger partial charge in [-0.3, -0.25) is 4.79 Å². The lowest BCUT2D eigenvalue weighted by atomic mass is 10.2. The molecule has 0 radical (unpaired) electrons. The predicted octanol–water partition coefficient (Wildman–Crippen LogP) is 4.38. The summed E-state index contributed by atoms with van der Waals surface area (Å²) in [6, 6.07) is 5.50. The maximum absolute atomic E-state index is 12.9. The molecule has 29 heavy (non-hydrogen) atoms. The lowest BCUT2D eigenvalue weighted by molar-refractivity contribution is -0.141. The molecular weight excluding hydrogens is 429 g/mol. The minimum absolute atomic E-state index is 0.0398. The van der Waals surface area contributed by atoms with Crippen molar-refractivity contribution in [2.24, 2.45) is 7.05 Å². The molecule has 7 nitrogen and oxygen atoms in total. The second-order valence-electron chi connectivity index (χ2n) is 5.94. The van der Waals surface area contributed by atoms with E-state index in [1.807, 2.05) is 14.0 Å². The van der Waals surface area contributed by atoms with Crippen LogP contribution in [0.3, 0.4) is 0 Å². The van der Waals surface area contributed by atoms with Crippen LogP contribution < -0.4 is 5.32 Å². The van der Waals surface area contributed by atoms with Gasteiger partial charge in [0.1, 0.15) is 17.8 Å². The number of thioether (sulfide) groups is 1. The molecule has 152 valence electrons. The fourth-order valence-corrected chi connectivity index (χ4v) is 3.44. The summed E-state index contributed by atoms with van der Waals surface area (Å²) in [4.78, 5) is 19.7. The van der Waals surface area contributed by atoms with Gasteiger partial charge in [-0.05, 0) is 36.8 Å². The van der Waals surface area contributed by atoms with Crippen LogP contribution in [0.25, 0.3) is 0 Å². The van der Waals surface area contributed by atoms with Crippen molar-refractivity contribution >= 4 is 35.1 Å². The van der Waals surface area contributed by atoms with Crippen LogP contribution in [0.5, 0.6) is 0 Å². The number of nitrogens with zero attached hydrogens (tertiary/aromatic N) is 5. The van der Waals surface area contributed by atoms with Gasteiger partial charge in [0.25, 0.3) is 5.91 Å². The average Bonchev–Trinajstić information content (AvgIpc) is 3.06. The number of anilines is 1. The normalized spacial score (nSPS) is 12.6. The second kappa shape index (κ2) is 8.37. The highest BCUT2D eigenvalue weighted by atomic mass is 35.5. The fraction of sp³-hybridized carbons (Fsp3) is 0.235. The summed E-state index contributed by atoms with van der Waals surface area (Å²) in [5, 5.41) is 10.4. The monoisotopic (exact) mass is 442 g/mol. The molecule has 0 spiro atoms. The van der Waals surface area contributed by atoms with Gasteiger partial charge in [0.05, 0.1) is 5.02 Å². The van der Waals surface area contributed by atoms with Crippen molar-refractivity contribution in [1.82, 2.24) is 24.7 Å². The number of halogens is 4. The van der Waals surface area contributed by atoms with Gasteiger partial charge in [-0.1, -0.05) is 23.4 Å². The van der Waals surface area contributed by atoms with E-state index >= 15 is 0 Å². The molecule has 0 fully saturated rings. The van der Waals surface area contributed by atoms with Crippen molar-refractivity contribution < 1.29 is 18.0 Å². The van der Waals surface area contributed by atoms with Gasteiger partial charge in [-0.15, -0.1) is 10.2 Å². The summed E-state index contributed by atoms with van der Waals surface area (Å²) in [6.45, 7) is 1.94. The topological polar surface area (TPSA) is 85.6 Å². The van der Waals surface area contributed by atoms with E-state index in [1.165, 1.54) is 18.0 Å². The first-order valence-corrected chi connectivity index (χ1v) is 9.42. The largest absolute Gasteiger partial charge is 0.434 e. The minimum Gasteiger partial charge on any atom is -0.312 e. The van der Waals surface area contributed by atoms with E-state index in [1.54, 1.807) is 23.0 Å². The highest BCUT2D eigenvalue weighted by Gasteiger charge is 2.36. The molecule has 12 heteroatoms. The second-order valence-corrected chi connectivity index (χ2v) is 7.65. The summed E-state index contributed by atoms with van der Waals surface area (Å²) >= 11 is 6.99. The van der Waals surface area contributed by atoms with Crippen molar-refractivity contribution in [3.05, 3.63) is 58.8 Å². The molecule has 0 aromatic carbocycles. The number of alkyl halides is 3. The van der Waals surface area contributed by atoms with Crippen molar-refractivity contribution in [3.8, 4) is 0 Å². The number of aryl methyl sites for hydroxylation is 1. The van der Waals surface area contributed by atoms with E-state index in [9.17, 15) is 18.0 Å². The molecule has 0 unspecified atom stereocenters. The van der Waals surface area contributed by atoms with Gasteiger partial charge in [0.15, 0.2) is 10.9 Å². The van der Waals surface area contributed by atoms with Gasteiger partial charge in [0, 0.05) is 18.5 Å². The Morgan fingerprint density at radius 1 is 1.31 bits per heavy atom. The van der Waals surface area contributed by atoms with Gasteiger partial charge >= 0.3 is 6.18 Å². The molecule has 3 aromatic heterocycles. The number of carbonyl (C=O) groups excluding carboxylic acids is 1. The van der Waals surface area contributed by atoms with E-state index in [0.717, 1.165) is 17.7 Å². The first kappa shape index (κ1) is 21.1.